The van der Waals surface area contributed by atoms with Crippen LogP contribution in [0.5, 0.6) is 0 Å². The molecule has 0 atom stereocenters. The molecule has 1 N–H and O–H groups in total. The Morgan fingerprint density at radius 2 is 1.94 bits per heavy atom. The van der Waals surface area contributed by atoms with Crippen molar-refractivity contribution in [2.75, 3.05) is 18.4 Å². The number of amidine groups is 1. The first-order valence-corrected chi connectivity index (χ1v) is 10.5. The Morgan fingerprint density at radius 3 is 2.71 bits per heavy atom. The summed E-state index contributed by atoms with van der Waals surface area (Å²) in [7, 11) is 1.60. The van der Waals surface area contributed by atoms with E-state index >= 15 is 0 Å². The van der Waals surface area contributed by atoms with Crippen LogP contribution in [0.15, 0.2) is 58.9 Å². The zero-order valence-electron chi connectivity index (χ0n) is 16.5. The predicted molar refractivity (Wildman–Crippen MR) is 118 cm³/mol. The van der Waals surface area contributed by atoms with Crippen molar-refractivity contribution in [3.8, 4) is 11.3 Å². The molecule has 0 spiro atoms. The molecule has 0 radical (unpaired) electrons. The van der Waals surface area contributed by atoms with Crippen LogP contribution < -0.4 is 5.32 Å². The van der Waals surface area contributed by atoms with Gasteiger partial charge in [0.2, 0.25) is 0 Å². The zero-order valence-corrected chi connectivity index (χ0v) is 17.3. The van der Waals surface area contributed by atoms with Crippen LogP contribution in [0.4, 0.5) is 14.5 Å². The number of nitrogens with zero attached hydrogens (tertiary/aromatic N) is 4. The molecular formula is C22H17F2N5OS. The van der Waals surface area contributed by atoms with Crippen molar-refractivity contribution in [1.29, 1.82) is 0 Å². The van der Waals surface area contributed by atoms with Crippen molar-refractivity contribution in [2.45, 2.75) is 0 Å². The molecule has 9 heteroatoms. The molecule has 0 saturated carbocycles. The molecule has 156 valence electrons. The van der Waals surface area contributed by atoms with Gasteiger partial charge >= 0.3 is 0 Å². The quantitative estimate of drug-likeness (QED) is 0.660. The third-order valence-corrected chi connectivity index (χ3v) is 6.03. The van der Waals surface area contributed by atoms with Crippen molar-refractivity contribution in [3.05, 3.63) is 76.8 Å². The molecule has 1 amide bonds. The van der Waals surface area contributed by atoms with Crippen molar-refractivity contribution in [2.24, 2.45) is 12.0 Å². The number of benzene rings is 2. The lowest BCUT2D eigenvalue weighted by Gasteiger charge is -2.16. The number of aryl methyl sites for hydroxylation is 1. The Balaban J connectivity index is 1.32. The van der Waals surface area contributed by atoms with Crippen LogP contribution in [0.25, 0.3) is 17.0 Å². The van der Waals surface area contributed by atoms with Gasteiger partial charge in [0.25, 0.3) is 5.91 Å². The summed E-state index contributed by atoms with van der Waals surface area (Å²) in [6.45, 7) is 1.69. The van der Waals surface area contributed by atoms with Gasteiger partial charge in [0, 0.05) is 36.3 Å². The number of anilines is 1. The van der Waals surface area contributed by atoms with Crippen LogP contribution in [-0.4, -0.2) is 38.8 Å². The molecule has 2 aliphatic heterocycles. The predicted octanol–water partition coefficient (Wildman–Crippen LogP) is 4.33. The fourth-order valence-corrected chi connectivity index (χ4v) is 4.54. The van der Waals surface area contributed by atoms with E-state index in [0.717, 1.165) is 41.7 Å². The van der Waals surface area contributed by atoms with E-state index < -0.39 is 11.6 Å². The maximum absolute atomic E-state index is 14.1. The van der Waals surface area contributed by atoms with E-state index in [-0.39, 0.29) is 22.9 Å². The van der Waals surface area contributed by atoms with Gasteiger partial charge in [0.15, 0.2) is 5.17 Å². The van der Waals surface area contributed by atoms with E-state index in [9.17, 15) is 13.6 Å². The summed E-state index contributed by atoms with van der Waals surface area (Å²) in [6.07, 6.45) is 0. The lowest BCUT2D eigenvalue weighted by atomic mass is 10.1. The number of halogens is 2. The molecule has 0 fully saturated rings. The first kappa shape index (κ1) is 19.5. The molecule has 2 aliphatic rings. The van der Waals surface area contributed by atoms with Gasteiger partial charge < -0.3 is 10.2 Å². The second-order valence-electron chi connectivity index (χ2n) is 7.13. The summed E-state index contributed by atoms with van der Waals surface area (Å²) >= 11 is 1.62. The number of aliphatic imine (C=N–C) groups is 1. The first-order chi connectivity index (χ1) is 15.0. The molecule has 0 saturated heterocycles. The summed E-state index contributed by atoms with van der Waals surface area (Å²) in [5.41, 5.74) is 3.44. The van der Waals surface area contributed by atoms with E-state index in [1.54, 1.807) is 18.8 Å². The van der Waals surface area contributed by atoms with Crippen molar-refractivity contribution in [3.63, 3.8) is 0 Å². The number of fused-ring (bicyclic) bond motifs is 1. The summed E-state index contributed by atoms with van der Waals surface area (Å²) in [6, 6.07) is 12.3. The summed E-state index contributed by atoms with van der Waals surface area (Å²) in [5, 5.41) is 10.1. The van der Waals surface area contributed by atoms with Crippen molar-refractivity contribution < 1.29 is 13.6 Å². The van der Waals surface area contributed by atoms with Crippen LogP contribution in [0, 0.1) is 11.6 Å². The molecule has 6 nitrogen and oxygen atoms in total. The molecule has 0 bridgehead atoms. The lowest BCUT2D eigenvalue weighted by Crippen LogP contribution is -2.20. The molecule has 3 heterocycles. The van der Waals surface area contributed by atoms with Gasteiger partial charge in [0.1, 0.15) is 17.3 Å². The molecule has 1 aromatic heterocycles. The maximum atomic E-state index is 14.1. The van der Waals surface area contributed by atoms with Crippen LogP contribution in [-0.2, 0) is 7.05 Å². The Labute approximate surface area is 181 Å². The molecule has 0 aliphatic carbocycles. The van der Waals surface area contributed by atoms with Gasteiger partial charge in [-0.15, -0.1) is 0 Å². The SMILES string of the molecule is Cn1nc(-c2ccc(F)cc2F)cc1C(=O)Nc1ccc(C2=CSC3=NCCN23)cc1. The summed E-state index contributed by atoms with van der Waals surface area (Å²) < 4.78 is 28.6. The fourth-order valence-electron chi connectivity index (χ4n) is 3.58. The van der Waals surface area contributed by atoms with E-state index in [4.69, 9.17) is 0 Å². The number of aromatic nitrogens is 2. The number of carbonyl (C=O) groups is 1. The molecule has 5 rings (SSSR count). The van der Waals surface area contributed by atoms with E-state index in [2.05, 4.69) is 25.7 Å². The number of rotatable bonds is 4. The average molecular weight is 437 g/mol. The van der Waals surface area contributed by atoms with Gasteiger partial charge in [-0.2, -0.15) is 5.10 Å². The van der Waals surface area contributed by atoms with E-state index in [1.165, 1.54) is 16.8 Å². The van der Waals surface area contributed by atoms with Crippen LogP contribution in [0.1, 0.15) is 16.1 Å². The molecular weight excluding hydrogens is 420 g/mol. The van der Waals surface area contributed by atoms with Crippen LogP contribution in [0.3, 0.4) is 0 Å². The van der Waals surface area contributed by atoms with Crippen LogP contribution in [0.2, 0.25) is 0 Å². The maximum Gasteiger partial charge on any atom is 0.273 e. The van der Waals surface area contributed by atoms with E-state index in [1.807, 2.05) is 24.3 Å². The highest BCUT2D eigenvalue weighted by Gasteiger charge is 2.27. The van der Waals surface area contributed by atoms with Gasteiger partial charge in [-0.3, -0.25) is 14.5 Å². The number of thioether (sulfide) groups is 1. The monoisotopic (exact) mass is 437 g/mol. The largest absolute Gasteiger partial charge is 0.321 e. The van der Waals surface area contributed by atoms with Crippen molar-refractivity contribution >= 4 is 34.2 Å². The fraction of sp³-hybridized carbons (Fsp3) is 0.136. The number of hydrogen-bond acceptors (Lipinski definition) is 5. The van der Waals surface area contributed by atoms with Gasteiger partial charge in [-0.05, 0) is 35.9 Å². The second kappa shape index (κ2) is 7.66. The molecule has 31 heavy (non-hydrogen) atoms. The van der Waals surface area contributed by atoms with Crippen molar-refractivity contribution in [1.82, 2.24) is 14.7 Å². The number of carbonyl (C=O) groups excluding carboxylic acids is 1. The summed E-state index contributed by atoms with van der Waals surface area (Å²) in [4.78, 5) is 19.4. The minimum atomic E-state index is -0.730. The number of nitrogens with one attached hydrogen (secondary N) is 1. The average Bonchev–Trinajstić information content (AvgIpc) is 3.44. The first-order valence-electron chi connectivity index (χ1n) is 9.60. The minimum absolute atomic E-state index is 0.132. The molecule has 2 aromatic carbocycles. The smallest absolute Gasteiger partial charge is 0.273 e. The highest BCUT2D eigenvalue weighted by atomic mass is 32.2. The highest BCUT2D eigenvalue weighted by molar-refractivity contribution is 8.16. The lowest BCUT2D eigenvalue weighted by molar-refractivity contribution is 0.101. The van der Waals surface area contributed by atoms with Crippen LogP contribution >= 0.6 is 11.8 Å². The zero-order chi connectivity index (χ0) is 21.5. The Morgan fingerprint density at radius 1 is 1.13 bits per heavy atom. The third-order valence-electron chi connectivity index (χ3n) is 5.13. The van der Waals surface area contributed by atoms with Gasteiger partial charge in [-0.1, -0.05) is 23.9 Å². The standard InChI is InChI=1S/C22H17F2N5OS/c1-28-19(11-18(27-28)16-7-4-14(23)10-17(16)24)21(30)26-15-5-2-13(3-6-15)20-12-31-22-25-8-9-29(20)22/h2-7,10-12H,8-9H2,1H3,(H,26,30). The van der Waals surface area contributed by atoms with E-state index in [0.29, 0.717) is 5.69 Å². The molecule has 3 aromatic rings. The minimum Gasteiger partial charge on any atom is -0.321 e. The third kappa shape index (κ3) is 3.61. The number of amides is 1. The topological polar surface area (TPSA) is 62.5 Å². The van der Waals surface area contributed by atoms with Gasteiger partial charge in [0.05, 0.1) is 17.9 Å². The Bertz CT molecular complexity index is 1250. The van der Waals surface area contributed by atoms with Gasteiger partial charge in [-0.25, -0.2) is 8.78 Å². The normalized spacial score (nSPS) is 15.0. The molecule has 0 unspecified atom stereocenters. The Hall–Kier alpha value is -3.46. The second-order valence-corrected chi connectivity index (χ2v) is 7.97. The number of hydrogen-bond donors (Lipinski definition) is 1. The highest BCUT2D eigenvalue weighted by Crippen LogP contribution is 2.35. The Kier molecular flexibility index (Phi) is 4.82. The summed E-state index contributed by atoms with van der Waals surface area (Å²) in [5.74, 6) is -1.77.